The number of alkyl carbamates (subject to hydrolysis) is 1. The fraction of sp³-hybridized carbons (Fsp3) is 0.514. The van der Waals surface area contributed by atoms with Gasteiger partial charge >= 0.3 is 12.1 Å². The van der Waals surface area contributed by atoms with Gasteiger partial charge < -0.3 is 40.8 Å². The normalized spacial score (nSPS) is 23.0. The van der Waals surface area contributed by atoms with Gasteiger partial charge in [0.25, 0.3) is 0 Å². The number of carbonyl (C=O) groups excluding carboxylic acids is 6. The number of hydrogen-bond acceptors (Lipinski definition) is 9. The first kappa shape index (κ1) is 40.4. The van der Waals surface area contributed by atoms with E-state index in [1.807, 2.05) is 43.3 Å². The third-order valence-corrected chi connectivity index (χ3v) is 8.19. The Morgan fingerprint density at radius 1 is 0.863 bits per heavy atom. The molecule has 7 atom stereocenters. The van der Waals surface area contributed by atoms with Gasteiger partial charge in [0.1, 0.15) is 41.9 Å². The Morgan fingerprint density at radius 2 is 1.47 bits per heavy atom. The summed E-state index contributed by atoms with van der Waals surface area (Å²) in [5.74, 6) is -4.17. The molecule has 1 fully saturated rings. The molecule has 2 aromatic rings. The molecule has 5 N–H and O–H groups in total. The van der Waals surface area contributed by atoms with Gasteiger partial charge in [-0.2, -0.15) is 0 Å². The molecule has 14 nitrogen and oxygen atoms in total. The van der Waals surface area contributed by atoms with Gasteiger partial charge in [-0.1, -0.05) is 80.9 Å². The van der Waals surface area contributed by atoms with Crippen molar-refractivity contribution >= 4 is 35.7 Å². The Morgan fingerprint density at radius 3 is 2.06 bits per heavy atom. The molecule has 1 aliphatic heterocycles. The molecule has 0 radical (unpaired) electrons. The standard InChI is InChI=1S/C37H51N5O9/c1-8-22(2)29-35(47)50-24(4)30(34(46)38-23(3)31(43)39-27(32(44)41-29)19-25-15-11-9-12-16-25)42-33(45)28(40-36(48)51-37(5,6)7)21-49-20-26-17-13-10-14-18-26/h9-18,22-24,27-30H,8,19-21H2,1-7H3,(H,38,46)(H,39,43)(H,40,48)(H,41,44)(H,42,45)/t22-,23-,24?,27?,28?,29-,30?/m0/s1. The fourth-order valence-electron chi connectivity index (χ4n) is 5.12. The molecule has 0 aliphatic carbocycles. The predicted octanol–water partition coefficient (Wildman–Crippen LogP) is 2.29. The van der Waals surface area contributed by atoms with Gasteiger partial charge in [-0.3, -0.25) is 19.2 Å². The molecule has 1 heterocycles. The molecule has 0 bridgehead atoms. The number of benzene rings is 2. The third-order valence-electron chi connectivity index (χ3n) is 8.19. The zero-order chi connectivity index (χ0) is 37.7. The van der Waals surface area contributed by atoms with Crippen LogP contribution in [0.3, 0.4) is 0 Å². The van der Waals surface area contributed by atoms with E-state index in [2.05, 4.69) is 26.6 Å². The average Bonchev–Trinajstić information content (AvgIpc) is 3.07. The van der Waals surface area contributed by atoms with Crippen LogP contribution in [0.4, 0.5) is 4.79 Å². The molecule has 5 amide bonds. The van der Waals surface area contributed by atoms with Crippen LogP contribution in [0.15, 0.2) is 60.7 Å². The lowest BCUT2D eigenvalue weighted by Gasteiger charge is -2.30. The second-order valence-corrected chi connectivity index (χ2v) is 13.7. The van der Waals surface area contributed by atoms with Crippen LogP contribution in [0.5, 0.6) is 0 Å². The summed E-state index contributed by atoms with van der Waals surface area (Å²) in [6, 6.07) is 12.0. The maximum atomic E-state index is 13.8. The highest BCUT2D eigenvalue weighted by Gasteiger charge is 2.38. The summed E-state index contributed by atoms with van der Waals surface area (Å²) in [5.41, 5.74) is 0.717. The van der Waals surface area contributed by atoms with Crippen LogP contribution in [-0.4, -0.2) is 84.2 Å². The lowest BCUT2D eigenvalue weighted by Crippen LogP contribution is -2.61. The summed E-state index contributed by atoms with van der Waals surface area (Å²) >= 11 is 0. The summed E-state index contributed by atoms with van der Waals surface area (Å²) in [6.45, 7) is 11.2. The van der Waals surface area contributed by atoms with E-state index in [0.29, 0.717) is 6.42 Å². The number of ether oxygens (including phenoxy) is 3. The van der Waals surface area contributed by atoms with Gasteiger partial charge in [0, 0.05) is 6.42 Å². The Hall–Kier alpha value is -4.98. The first-order chi connectivity index (χ1) is 24.1. The average molecular weight is 710 g/mol. The number of amides is 5. The van der Waals surface area contributed by atoms with Crippen molar-refractivity contribution in [2.24, 2.45) is 5.92 Å². The highest BCUT2D eigenvalue weighted by Crippen LogP contribution is 2.15. The van der Waals surface area contributed by atoms with E-state index in [4.69, 9.17) is 14.2 Å². The Balaban J connectivity index is 1.90. The minimum atomic E-state index is -1.53. The van der Waals surface area contributed by atoms with Crippen LogP contribution in [0.1, 0.15) is 66.0 Å². The highest BCUT2D eigenvalue weighted by atomic mass is 16.6. The lowest BCUT2D eigenvalue weighted by atomic mass is 9.97. The Labute approximate surface area is 299 Å². The minimum absolute atomic E-state index is 0.120. The van der Waals surface area contributed by atoms with E-state index in [-0.39, 0.29) is 19.6 Å². The van der Waals surface area contributed by atoms with E-state index < -0.39 is 83.5 Å². The molecule has 278 valence electrons. The maximum Gasteiger partial charge on any atom is 0.408 e. The molecule has 14 heteroatoms. The predicted molar refractivity (Wildman–Crippen MR) is 188 cm³/mol. The minimum Gasteiger partial charge on any atom is -0.458 e. The monoisotopic (exact) mass is 709 g/mol. The van der Waals surface area contributed by atoms with E-state index in [9.17, 15) is 28.8 Å². The van der Waals surface area contributed by atoms with Crippen molar-refractivity contribution in [2.75, 3.05) is 6.61 Å². The number of nitrogens with one attached hydrogen (secondary N) is 5. The first-order valence-electron chi connectivity index (χ1n) is 17.1. The third kappa shape index (κ3) is 13.0. The molecule has 0 spiro atoms. The van der Waals surface area contributed by atoms with Gasteiger partial charge in [-0.25, -0.2) is 9.59 Å². The van der Waals surface area contributed by atoms with Crippen molar-refractivity contribution in [3.05, 3.63) is 71.8 Å². The summed E-state index contributed by atoms with van der Waals surface area (Å²) < 4.78 is 16.8. The molecular formula is C37H51N5O9. The molecule has 0 aromatic heterocycles. The lowest BCUT2D eigenvalue weighted by molar-refractivity contribution is -0.157. The molecule has 2 aromatic carbocycles. The highest BCUT2D eigenvalue weighted by molar-refractivity contribution is 5.96. The van der Waals surface area contributed by atoms with E-state index in [0.717, 1.165) is 11.1 Å². The van der Waals surface area contributed by atoms with Crippen LogP contribution in [0.25, 0.3) is 0 Å². The zero-order valence-electron chi connectivity index (χ0n) is 30.3. The van der Waals surface area contributed by atoms with Crippen LogP contribution in [-0.2, 0) is 51.2 Å². The van der Waals surface area contributed by atoms with E-state index in [1.54, 1.807) is 52.0 Å². The molecule has 3 rings (SSSR count). The van der Waals surface area contributed by atoms with Crippen molar-refractivity contribution in [3.8, 4) is 0 Å². The van der Waals surface area contributed by atoms with Gasteiger partial charge in [0.2, 0.25) is 23.6 Å². The van der Waals surface area contributed by atoms with E-state index in [1.165, 1.54) is 13.8 Å². The SMILES string of the molecule is CC[C@H](C)[C@@H]1NC(=O)C(Cc2ccccc2)NC(=O)[C@H](C)NC(=O)C(NC(=O)C(COCc2ccccc2)NC(=O)OC(C)(C)C)C(C)OC1=O. The molecule has 51 heavy (non-hydrogen) atoms. The maximum absolute atomic E-state index is 13.8. The number of carbonyl (C=O) groups is 6. The van der Waals surface area contributed by atoms with Crippen molar-refractivity contribution < 1.29 is 43.0 Å². The van der Waals surface area contributed by atoms with Crippen LogP contribution < -0.4 is 26.6 Å². The van der Waals surface area contributed by atoms with Crippen molar-refractivity contribution in [1.82, 2.24) is 26.6 Å². The zero-order valence-corrected chi connectivity index (χ0v) is 30.3. The smallest absolute Gasteiger partial charge is 0.408 e. The van der Waals surface area contributed by atoms with Gasteiger partial charge in [0.05, 0.1) is 13.2 Å². The summed E-state index contributed by atoms with van der Waals surface area (Å²) in [7, 11) is 0. The quantitative estimate of drug-likeness (QED) is 0.218. The second kappa shape index (κ2) is 18.9. The molecule has 4 unspecified atom stereocenters. The Bertz CT molecular complexity index is 1500. The molecule has 0 saturated carbocycles. The topological polar surface area (TPSA) is 190 Å². The summed E-state index contributed by atoms with van der Waals surface area (Å²) in [5, 5.41) is 13.1. The van der Waals surface area contributed by atoms with Crippen LogP contribution in [0, 0.1) is 5.92 Å². The van der Waals surface area contributed by atoms with Crippen LogP contribution in [0.2, 0.25) is 0 Å². The van der Waals surface area contributed by atoms with Crippen molar-refractivity contribution in [2.45, 2.75) is 110 Å². The number of rotatable bonds is 11. The van der Waals surface area contributed by atoms with Gasteiger partial charge in [-0.05, 0) is 51.7 Å². The van der Waals surface area contributed by atoms with Gasteiger partial charge in [0.15, 0.2) is 0 Å². The summed E-state index contributed by atoms with van der Waals surface area (Å²) in [4.78, 5) is 80.8. The first-order valence-corrected chi connectivity index (χ1v) is 17.1. The number of esters is 1. The largest absolute Gasteiger partial charge is 0.458 e. The fourth-order valence-corrected chi connectivity index (χ4v) is 5.12. The van der Waals surface area contributed by atoms with Crippen molar-refractivity contribution in [1.29, 1.82) is 0 Å². The van der Waals surface area contributed by atoms with Gasteiger partial charge in [-0.15, -0.1) is 0 Å². The molecule has 1 aliphatic rings. The second-order valence-electron chi connectivity index (χ2n) is 13.7. The van der Waals surface area contributed by atoms with Crippen molar-refractivity contribution in [3.63, 3.8) is 0 Å². The summed E-state index contributed by atoms with van der Waals surface area (Å²) in [6.07, 6.45) is -1.57. The Kier molecular flexibility index (Phi) is 15.0. The molecule has 1 saturated heterocycles. The van der Waals surface area contributed by atoms with E-state index >= 15 is 0 Å². The molecular weight excluding hydrogens is 658 g/mol. The number of cyclic esters (lactones) is 1. The number of hydrogen-bond donors (Lipinski definition) is 5. The van der Waals surface area contributed by atoms with Crippen LogP contribution >= 0.6 is 0 Å².